The van der Waals surface area contributed by atoms with Crippen molar-refractivity contribution in [3.63, 3.8) is 0 Å². The van der Waals surface area contributed by atoms with E-state index in [0.717, 1.165) is 12.1 Å². The first-order valence-corrected chi connectivity index (χ1v) is 5.74. The Morgan fingerprint density at radius 3 is 2.58 bits per heavy atom. The van der Waals surface area contributed by atoms with Crippen LogP contribution in [0.4, 0.5) is 10.1 Å². The molecule has 0 saturated heterocycles. The Kier molecular flexibility index (Phi) is 4.66. The van der Waals surface area contributed by atoms with Crippen molar-refractivity contribution in [2.45, 2.75) is 25.8 Å². The van der Waals surface area contributed by atoms with Gasteiger partial charge in [-0.1, -0.05) is 6.92 Å². The second-order valence-electron chi connectivity index (χ2n) is 4.51. The number of rotatable bonds is 6. The Morgan fingerprint density at radius 2 is 2.11 bits per heavy atom. The maximum absolute atomic E-state index is 13.7. The molecule has 0 spiro atoms. The predicted molar refractivity (Wildman–Crippen MR) is 68.0 cm³/mol. The molecular formula is C12H17FN2O4. The zero-order chi connectivity index (χ0) is 14.6. The molecule has 1 atom stereocenters. The molecule has 0 amide bonds. The van der Waals surface area contributed by atoms with Crippen molar-refractivity contribution in [1.82, 2.24) is 0 Å². The summed E-state index contributed by atoms with van der Waals surface area (Å²) in [6, 6.07) is 1.92. The molecule has 1 aromatic carbocycles. The van der Waals surface area contributed by atoms with Crippen molar-refractivity contribution >= 4 is 5.69 Å². The average molecular weight is 272 g/mol. The highest BCUT2D eigenvalue weighted by Crippen LogP contribution is 2.33. The second kappa shape index (κ2) is 5.83. The second-order valence-corrected chi connectivity index (χ2v) is 4.51. The fourth-order valence-electron chi connectivity index (χ4n) is 1.29. The van der Waals surface area contributed by atoms with Crippen molar-refractivity contribution in [2.75, 3.05) is 13.7 Å². The summed E-state index contributed by atoms with van der Waals surface area (Å²) in [6.45, 7) is 3.76. The van der Waals surface area contributed by atoms with Gasteiger partial charge in [0.05, 0.1) is 18.1 Å². The number of halogens is 1. The SMILES string of the molecule is CCC(C)(N)COc1cc(OC)c([N+](=O)[O-])cc1F. The summed E-state index contributed by atoms with van der Waals surface area (Å²) in [5.41, 5.74) is 4.83. The number of hydrogen-bond acceptors (Lipinski definition) is 5. The molecule has 1 unspecified atom stereocenters. The van der Waals surface area contributed by atoms with Crippen LogP contribution in [0.5, 0.6) is 11.5 Å². The number of nitrogens with zero attached hydrogens (tertiary/aromatic N) is 1. The third-order valence-electron chi connectivity index (χ3n) is 2.80. The van der Waals surface area contributed by atoms with E-state index in [4.69, 9.17) is 15.2 Å². The quantitative estimate of drug-likeness (QED) is 0.633. The lowest BCUT2D eigenvalue weighted by molar-refractivity contribution is -0.386. The van der Waals surface area contributed by atoms with Crippen LogP contribution in [0.2, 0.25) is 0 Å². The number of benzene rings is 1. The molecule has 106 valence electrons. The van der Waals surface area contributed by atoms with Crippen LogP contribution in [0.15, 0.2) is 12.1 Å². The highest BCUT2D eigenvalue weighted by atomic mass is 19.1. The average Bonchev–Trinajstić information content (AvgIpc) is 2.36. The first-order valence-electron chi connectivity index (χ1n) is 5.74. The van der Waals surface area contributed by atoms with Gasteiger partial charge in [0.2, 0.25) is 5.75 Å². The monoisotopic (exact) mass is 272 g/mol. The normalized spacial score (nSPS) is 13.7. The first-order chi connectivity index (χ1) is 8.80. The summed E-state index contributed by atoms with van der Waals surface area (Å²) in [6.07, 6.45) is 0.652. The molecule has 7 heteroatoms. The number of nitro groups is 1. The van der Waals surface area contributed by atoms with E-state index in [9.17, 15) is 14.5 Å². The van der Waals surface area contributed by atoms with Crippen LogP contribution >= 0.6 is 0 Å². The molecule has 0 aliphatic heterocycles. The van der Waals surface area contributed by atoms with E-state index in [1.165, 1.54) is 7.11 Å². The Hall–Kier alpha value is -1.89. The lowest BCUT2D eigenvalue weighted by Crippen LogP contribution is -2.41. The Balaban J connectivity index is 3.00. The molecule has 2 N–H and O–H groups in total. The van der Waals surface area contributed by atoms with Crippen LogP contribution in [0, 0.1) is 15.9 Å². The number of nitro benzene ring substituents is 1. The lowest BCUT2D eigenvalue weighted by atomic mass is 10.0. The van der Waals surface area contributed by atoms with Crippen LogP contribution in [-0.4, -0.2) is 24.2 Å². The molecule has 0 fully saturated rings. The molecule has 0 aliphatic carbocycles. The molecule has 0 bridgehead atoms. The number of ether oxygens (including phenoxy) is 2. The summed E-state index contributed by atoms with van der Waals surface area (Å²) < 4.78 is 23.8. The van der Waals surface area contributed by atoms with Gasteiger partial charge in [-0.15, -0.1) is 0 Å². The van der Waals surface area contributed by atoms with Gasteiger partial charge in [0, 0.05) is 11.6 Å². The molecule has 1 rings (SSSR count). The number of hydrogen-bond donors (Lipinski definition) is 1. The number of nitrogens with two attached hydrogens (primary N) is 1. The summed E-state index contributed by atoms with van der Waals surface area (Å²) in [4.78, 5) is 9.99. The van der Waals surface area contributed by atoms with E-state index in [0.29, 0.717) is 6.42 Å². The van der Waals surface area contributed by atoms with Crippen molar-refractivity contribution < 1.29 is 18.8 Å². The van der Waals surface area contributed by atoms with E-state index < -0.39 is 22.0 Å². The molecule has 0 radical (unpaired) electrons. The fourth-order valence-corrected chi connectivity index (χ4v) is 1.29. The van der Waals surface area contributed by atoms with Gasteiger partial charge in [0.15, 0.2) is 11.6 Å². The van der Waals surface area contributed by atoms with Crippen LogP contribution in [0.3, 0.4) is 0 Å². The molecule has 0 saturated carbocycles. The lowest BCUT2D eigenvalue weighted by Gasteiger charge is -2.23. The Morgan fingerprint density at radius 1 is 1.47 bits per heavy atom. The standard InChI is InChI=1S/C12H17FN2O4/c1-4-12(2,14)7-19-10-6-11(18-3)9(15(16)17)5-8(10)13/h5-6H,4,7,14H2,1-3H3. The highest BCUT2D eigenvalue weighted by molar-refractivity contribution is 5.51. The van der Waals surface area contributed by atoms with Crippen molar-refractivity contribution in [3.05, 3.63) is 28.1 Å². The molecular weight excluding hydrogens is 255 g/mol. The van der Waals surface area contributed by atoms with Crippen molar-refractivity contribution in [1.29, 1.82) is 0 Å². The molecule has 6 nitrogen and oxygen atoms in total. The van der Waals surface area contributed by atoms with E-state index in [-0.39, 0.29) is 18.1 Å². The van der Waals surface area contributed by atoms with Gasteiger partial charge in [0.25, 0.3) is 0 Å². The zero-order valence-corrected chi connectivity index (χ0v) is 11.1. The largest absolute Gasteiger partial charge is 0.490 e. The summed E-state index contributed by atoms with van der Waals surface area (Å²) in [5, 5.41) is 10.7. The van der Waals surface area contributed by atoms with Crippen LogP contribution in [0.1, 0.15) is 20.3 Å². The first kappa shape index (κ1) is 15.2. The summed E-state index contributed by atoms with van der Waals surface area (Å²) in [5.74, 6) is -0.997. The van der Waals surface area contributed by atoms with Gasteiger partial charge < -0.3 is 15.2 Å². The van der Waals surface area contributed by atoms with Crippen LogP contribution in [0.25, 0.3) is 0 Å². The summed E-state index contributed by atoms with van der Waals surface area (Å²) >= 11 is 0. The fraction of sp³-hybridized carbons (Fsp3) is 0.500. The Bertz CT molecular complexity index is 477. The Labute approximate surface area is 110 Å². The van der Waals surface area contributed by atoms with Gasteiger partial charge in [-0.3, -0.25) is 10.1 Å². The molecule has 0 aliphatic rings. The van der Waals surface area contributed by atoms with Crippen LogP contribution < -0.4 is 15.2 Å². The molecule has 19 heavy (non-hydrogen) atoms. The third kappa shape index (κ3) is 3.78. The molecule has 1 aromatic rings. The zero-order valence-electron chi connectivity index (χ0n) is 11.1. The smallest absolute Gasteiger partial charge is 0.314 e. The van der Waals surface area contributed by atoms with Gasteiger partial charge in [0.1, 0.15) is 6.61 Å². The molecule has 0 heterocycles. The minimum atomic E-state index is -0.820. The third-order valence-corrected chi connectivity index (χ3v) is 2.80. The maximum atomic E-state index is 13.7. The van der Waals surface area contributed by atoms with Crippen LogP contribution in [-0.2, 0) is 0 Å². The summed E-state index contributed by atoms with van der Waals surface area (Å²) in [7, 11) is 1.27. The van der Waals surface area contributed by atoms with Gasteiger partial charge >= 0.3 is 5.69 Å². The number of methoxy groups -OCH3 is 1. The van der Waals surface area contributed by atoms with E-state index in [1.807, 2.05) is 6.92 Å². The highest BCUT2D eigenvalue weighted by Gasteiger charge is 2.22. The predicted octanol–water partition coefficient (Wildman–Crippen LogP) is 2.25. The van der Waals surface area contributed by atoms with Gasteiger partial charge in [-0.25, -0.2) is 4.39 Å². The minimum absolute atomic E-state index is 0.0587. The minimum Gasteiger partial charge on any atom is -0.490 e. The van der Waals surface area contributed by atoms with Gasteiger partial charge in [-0.2, -0.15) is 0 Å². The maximum Gasteiger partial charge on any atom is 0.314 e. The van der Waals surface area contributed by atoms with E-state index >= 15 is 0 Å². The van der Waals surface area contributed by atoms with E-state index in [1.54, 1.807) is 6.92 Å². The van der Waals surface area contributed by atoms with Gasteiger partial charge in [-0.05, 0) is 13.3 Å². The van der Waals surface area contributed by atoms with Crippen molar-refractivity contribution in [3.8, 4) is 11.5 Å². The van der Waals surface area contributed by atoms with Crippen molar-refractivity contribution in [2.24, 2.45) is 5.73 Å². The molecule has 0 aromatic heterocycles. The van der Waals surface area contributed by atoms with E-state index in [2.05, 4.69) is 0 Å². The topological polar surface area (TPSA) is 87.6 Å².